The molecule has 2 N–H and O–H groups in total. The van der Waals surface area contributed by atoms with Gasteiger partial charge >= 0.3 is 0 Å². The standard InChI is InChI=1S/C14H27N3O/c1-17(2)11-13(18)16-12-6-9-15-14(10-12)7-4-3-5-8-14/h12,15H,3-11H2,1-2H3,(H,16,18). The van der Waals surface area contributed by atoms with Gasteiger partial charge in [-0.15, -0.1) is 0 Å². The van der Waals surface area contributed by atoms with Crippen molar-refractivity contribution in [3.8, 4) is 0 Å². The van der Waals surface area contributed by atoms with E-state index in [1.54, 1.807) is 0 Å². The second kappa shape index (κ2) is 6.02. The highest BCUT2D eigenvalue weighted by atomic mass is 16.2. The summed E-state index contributed by atoms with van der Waals surface area (Å²) in [6.45, 7) is 1.55. The third kappa shape index (κ3) is 3.69. The molecule has 2 rings (SSSR count). The number of nitrogens with one attached hydrogen (secondary N) is 2. The number of nitrogens with zero attached hydrogens (tertiary/aromatic N) is 1. The van der Waals surface area contributed by atoms with Crippen molar-refractivity contribution >= 4 is 5.91 Å². The number of piperidine rings is 1. The SMILES string of the molecule is CN(C)CC(=O)NC1CCNC2(CCCCC2)C1. The molecule has 1 atom stereocenters. The molecule has 2 aliphatic rings. The van der Waals surface area contributed by atoms with Gasteiger partial charge in [0.15, 0.2) is 0 Å². The molecular formula is C14H27N3O. The first-order chi connectivity index (χ1) is 8.60. The van der Waals surface area contributed by atoms with Crippen LogP contribution < -0.4 is 10.6 Å². The van der Waals surface area contributed by atoms with Gasteiger partial charge in [-0.25, -0.2) is 0 Å². The first-order valence-electron chi connectivity index (χ1n) is 7.29. The molecule has 0 radical (unpaired) electrons. The minimum Gasteiger partial charge on any atom is -0.352 e. The van der Waals surface area contributed by atoms with Crippen molar-refractivity contribution in [2.75, 3.05) is 27.2 Å². The zero-order valence-corrected chi connectivity index (χ0v) is 11.8. The maximum absolute atomic E-state index is 11.8. The Labute approximate surface area is 110 Å². The zero-order valence-electron chi connectivity index (χ0n) is 11.8. The Morgan fingerprint density at radius 2 is 2.06 bits per heavy atom. The Morgan fingerprint density at radius 3 is 2.72 bits per heavy atom. The molecule has 4 heteroatoms. The number of hydrogen-bond donors (Lipinski definition) is 2. The van der Waals surface area contributed by atoms with Gasteiger partial charge in [0.1, 0.15) is 0 Å². The molecule has 1 spiro atoms. The van der Waals surface area contributed by atoms with Crippen molar-refractivity contribution in [1.82, 2.24) is 15.5 Å². The Balaban J connectivity index is 1.84. The normalized spacial score (nSPS) is 27.4. The summed E-state index contributed by atoms with van der Waals surface area (Å²) in [5.41, 5.74) is 0.326. The topological polar surface area (TPSA) is 44.4 Å². The second-order valence-corrected chi connectivity index (χ2v) is 6.26. The van der Waals surface area contributed by atoms with Gasteiger partial charge in [0, 0.05) is 11.6 Å². The summed E-state index contributed by atoms with van der Waals surface area (Å²) in [6.07, 6.45) is 8.81. The van der Waals surface area contributed by atoms with Crippen molar-refractivity contribution in [3.63, 3.8) is 0 Å². The number of likely N-dealkylation sites (N-methyl/N-ethyl adjacent to an activating group) is 1. The van der Waals surface area contributed by atoms with Crippen LogP contribution in [0.2, 0.25) is 0 Å². The van der Waals surface area contributed by atoms with Crippen molar-refractivity contribution in [2.45, 2.75) is 56.5 Å². The quantitative estimate of drug-likeness (QED) is 0.792. The Kier molecular flexibility index (Phi) is 4.62. The largest absolute Gasteiger partial charge is 0.352 e. The summed E-state index contributed by atoms with van der Waals surface area (Å²) in [4.78, 5) is 13.7. The second-order valence-electron chi connectivity index (χ2n) is 6.26. The van der Waals surface area contributed by atoms with Crippen LogP contribution in [0.3, 0.4) is 0 Å². The third-order valence-corrected chi connectivity index (χ3v) is 4.27. The minimum absolute atomic E-state index is 0.165. The van der Waals surface area contributed by atoms with E-state index in [0.717, 1.165) is 19.4 Å². The van der Waals surface area contributed by atoms with E-state index < -0.39 is 0 Å². The lowest BCUT2D eigenvalue weighted by Crippen LogP contribution is -2.57. The Bertz CT molecular complexity index is 279. The molecule has 0 aromatic rings. The maximum atomic E-state index is 11.8. The monoisotopic (exact) mass is 253 g/mol. The first kappa shape index (κ1) is 13.8. The summed E-state index contributed by atoms with van der Waals surface area (Å²) in [5.74, 6) is 0.165. The van der Waals surface area contributed by atoms with E-state index in [-0.39, 0.29) is 5.91 Å². The molecule has 1 amide bonds. The van der Waals surface area contributed by atoms with E-state index in [9.17, 15) is 4.79 Å². The van der Waals surface area contributed by atoms with Gasteiger partial charge in [0.05, 0.1) is 6.54 Å². The van der Waals surface area contributed by atoms with E-state index >= 15 is 0 Å². The molecule has 104 valence electrons. The fourth-order valence-electron chi connectivity index (χ4n) is 3.45. The van der Waals surface area contributed by atoms with Gasteiger partial charge in [0.2, 0.25) is 5.91 Å². The van der Waals surface area contributed by atoms with E-state index in [1.807, 2.05) is 19.0 Å². The Morgan fingerprint density at radius 1 is 1.33 bits per heavy atom. The van der Waals surface area contributed by atoms with E-state index in [2.05, 4.69) is 10.6 Å². The molecular weight excluding hydrogens is 226 g/mol. The molecule has 0 aromatic heterocycles. The van der Waals surface area contributed by atoms with E-state index in [4.69, 9.17) is 0 Å². The molecule has 1 heterocycles. The minimum atomic E-state index is 0.165. The highest BCUT2D eigenvalue weighted by Gasteiger charge is 2.37. The third-order valence-electron chi connectivity index (χ3n) is 4.27. The molecule has 1 aliphatic carbocycles. The molecule has 1 unspecified atom stereocenters. The van der Waals surface area contributed by atoms with Crippen LogP contribution in [0.1, 0.15) is 44.9 Å². The fourth-order valence-corrected chi connectivity index (χ4v) is 3.45. The van der Waals surface area contributed by atoms with Crippen LogP contribution in [0.4, 0.5) is 0 Å². The predicted octanol–water partition coefficient (Wildman–Crippen LogP) is 1.12. The highest BCUT2D eigenvalue weighted by molar-refractivity contribution is 5.78. The van der Waals surface area contributed by atoms with Crippen LogP contribution in [0.5, 0.6) is 0 Å². The fraction of sp³-hybridized carbons (Fsp3) is 0.929. The molecule has 0 bridgehead atoms. The average Bonchev–Trinajstić information content (AvgIpc) is 2.28. The van der Waals surface area contributed by atoms with Crippen LogP contribution in [0.25, 0.3) is 0 Å². The average molecular weight is 253 g/mol. The van der Waals surface area contributed by atoms with E-state index in [0.29, 0.717) is 18.1 Å². The lowest BCUT2D eigenvalue weighted by molar-refractivity contribution is -0.122. The van der Waals surface area contributed by atoms with Gasteiger partial charge < -0.3 is 15.5 Å². The molecule has 0 aromatic carbocycles. The Hall–Kier alpha value is -0.610. The van der Waals surface area contributed by atoms with Gasteiger partial charge in [-0.3, -0.25) is 4.79 Å². The van der Waals surface area contributed by atoms with Crippen molar-refractivity contribution in [1.29, 1.82) is 0 Å². The van der Waals surface area contributed by atoms with Crippen molar-refractivity contribution < 1.29 is 4.79 Å². The summed E-state index contributed by atoms with van der Waals surface area (Å²) in [6, 6.07) is 0.372. The van der Waals surface area contributed by atoms with Crippen molar-refractivity contribution in [3.05, 3.63) is 0 Å². The lowest BCUT2D eigenvalue weighted by atomic mass is 9.75. The lowest BCUT2D eigenvalue weighted by Gasteiger charge is -2.44. The molecule has 18 heavy (non-hydrogen) atoms. The molecule has 4 nitrogen and oxygen atoms in total. The highest BCUT2D eigenvalue weighted by Crippen LogP contribution is 2.34. The number of amides is 1. The summed E-state index contributed by atoms with van der Waals surface area (Å²) in [5, 5.41) is 6.92. The smallest absolute Gasteiger partial charge is 0.234 e. The number of carbonyl (C=O) groups is 1. The van der Waals surface area contributed by atoms with E-state index in [1.165, 1.54) is 32.1 Å². The van der Waals surface area contributed by atoms with Crippen LogP contribution in [0.15, 0.2) is 0 Å². The number of carbonyl (C=O) groups excluding carboxylic acids is 1. The molecule has 1 aliphatic heterocycles. The van der Waals surface area contributed by atoms with Crippen molar-refractivity contribution in [2.24, 2.45) is 0 Å². The zero-order chi connectivity index (χ0) is 13.0. The molecule has 1 saturated carbocycles. The van der Waals surface area contributed by atoms with Gasteiger partial charge in [-0.2, -0.15) is 0 Å². The van der Waals surface area contributed by atoms with Crippen LogP contribution in [0, 0.1) is 0 Å². The van der Waals surface area contributed by atoms with Crippen LogP contribution >= 0.6 is 0 Å². The van der Waals surface area contributed by atoms with Crippen LogP contribution in [-0.2, 0) is 4.79 Å². The van der Waals surface area contributed by atoms with Gasteiger partial charge in [-0.05, 0) is 46.3 Å². The molecule has 1 saturated heterocycles. The van der Waals surface area contributed by atoms with Crippen LogP contribution in [-0.4, -0.2) is 49.6 Å². The summed E-state index contributed by atoms with van der Waals surface area (Å²) in [7, 11) is 3.87. The first-order valence-corrected chi connectivity index (χ1v) is 7.29. The summed E-state index contributed by atoms with van der Waals surface area (Å²) >= 11 is 0. The number of rotatable bonds is 3. The maximum Gasteiger partial charge on any atom is 0.234 e. The predicted molar refractivity (Wildman–Crippen MR) is 73.5 cm³/mol. The van der Waals surface area contributed by atoms with Gasteiger partial charge in [0.25, 0.3) is 0 Å². The van der Waals surface area contributed by atoms with Gasteiger partial charge in [-0.1, -0.05) is 19.3 Å². The molecule has 2 fully saturated rings. The summed E-state index contributed by atoms with van der Waals surface area (Å²) < 4.78 is 0. The number of hydrogen-bond acceptors (Lipinski definition) is 3.